The van der Waals surface area contributed by atoms with E-state index in [1.54, 1.807) is 54.6 Å². The zero-order valence-electron chi connectivity index (χ0n) is 17.1. The Morgan fingerprint density at radius 3 is 2.42 bits per heavy atom. The molecule has 0 radical (unpaired) electrons. The van der Waals surface area contributed by atoms with E-state index in [4.69, 9.17) is 14.2 Å². The van der Waals surface area contributed by atoms with E-state index >= 15 is 0 Å². The molecule has 0 fully saturated rings. The van der Waals surface area contributed by atoms with Crippen LogP contribution in [-0.2, 0) is 0 Å². The molecule has 6 nitrogen and oxygen atoms in total. The monoisotopic (exact) mass is 422 g/mol. The van der Waals surface area contributed by atoms with Crippen molar-refractivity contribution in [3.05, 3.63) is 89.7 Å². The van der Waals surface area contributed by atoms with Crippen LogP contribution in [0, 0.1) is 5.82 Å². The summed E-state index contributed by atoms with van der Waals surface area (Å²) in [4.78, 5) is 12.0. The minimum absolute atomic E-state index is 0.289. The van der Waals surface area contributed by atoms with Crippen LogP contribution >= 0.6 is 0 Å². The van der Waals surface area contributed by atoms with Crippen LogP contribution in [0.5, 0.6) is 17.2 Å². The van der Waals surface area contributed by atoms with Crippen molar-refractivity contribution in [1.82, 2.24) is 5.43 Å². The maximum absolute atomic E-state index is 12.9. The summed E-state index contributed by atoms with van der Waals surface area (Å²) < 4.78 is 29.8. The Kier molecular flexibility index (Phi) is 7.99. The normalized spacial score (nSPS) is 10.6. The average molecular weight is 422 g/mol. The van der Waals surface area contributed by atoms with Gasteiger partial charge in [-0.2, -0.15) is 5.10 Å². The number of halogens is 1. The van der Waals surface area contributed by atoms with Gasteiger partial charge in [0.15, 0.2) is 11.5 Å². The molecule has 0 unspecified atom stereocenters. The van der Waals surface area contributed by atoms with Crippen molar-refractivity contribution in [2.75, 3.05) is 19.8 Å². The molecule has 1 amide bonds. The number of benzene rings is 3. The minimum atomic E-state index is -0.312. The molecule has 0 aliphatic rings. The van der Waals surface area contributed by atoms with Crippen molar-refractivity contribution in [3.8, 4) is 17.2 Å². The van der Waals surface area contributed by atoms with Gasteiger partial charge in [-0.3, -0.25) is 4.79 Å². The first-order valence-electron chi connectivity index (χ1n) is 9.82. The Bertz CT molecular complexity index is 1010. The van der Waals surface area contributed by atoms with Crippen LogP contribution in [0.25, 0.3) is 0 Å². The summed E-state index contributed by atoms with van der Waals surface area (Å²) in [6, 6.07) is 20.0. The fraction of sp³-hybridized carbons (Fsp3) is 0.167. The molecule has 3 rings (SSSR count). The van der Waals surface area contributed by atoms with Crippen molar-refractivity contribution in [2.24, 2.45) is 5.10 Å². The van der Waals surface area contributed by atoms with Gasteiger partial charge in [0.25, 0.3) is 5.91 Å². The summed E-state index contributed by atoms with van der Waals surface area (Å²) in [5, 5.41) is 4.00. The highest BCUT2D eigenvalue weighted by atomic mass is 19.1. The smallest absolute Gasteiger partial charge is 0.271 e. The molecule has 0 aromatic heterocycles. The van der Waals surface area contributed by atoms with Gasteiger partial charge in [-0.1, -0.05) is 18.2 Å². The van der Waals surface area contributed by atoms with Gasteiger partial charge in [-0.25, -0.2) is 9.82 Å². The standard InChI is InChI=1S/C24H23FN2O4/c1-2-29-23-16-18(17-26-27-24(28)19-6-4-3-5-7-19)8-13-22(23)31-15-14-30-21-11-9-20(25)10-12-21/h3-13,16-17H,2,14-15H2,1H3,(H,27,28)/b26-17+. The zero-order chi connectivity index (χ0) is 21.9. The fourth-order valence-corrected chi connectivity index (χ4v) is 2.65. The SMILES string of the molecule is CCOc1cc(/C=N/NC(=O)c2ccccc2)ccc1OCCOc1ccc(F)cc1. The molecule has 160 valence electrons. The number of carbonyl (C=O) groups is 1. The first kappa shape index (κ1) is 21.8. The predicted molar refractivity (Wildman–Crippen MR) is 117 cm³/mol. The van der Waals surface area contributed by atoms with Gasteiger partial charge in [-0.15, -0.1) is 0 Å². The van der Waals surface area contributed by atoms with Crippen molar-refractivity contribution in [2.45, 2.75) is 6.92 Å². The number of ether oxygens (including phenoxy) is 3. The van der Waals surface area contributed by atoms with Crippen molar-refractivity contribution < 1.29 is 23.4 Å². The number of carbonyl (C=O) groups excluding carboxylic acids is 1. The topological polar surface area (TPSA) is 69.2 Å². The molecule has 3 aromatic carbocycles. The highest BCUT2D eigenvalue weighted by molar-refractivity contribution is 5.94. The van der Waals surface area contributed by atoms with Gasteiger partial charge in [0.2, 0.25) is 0 Å². The summed E-state index contributed by atoms with van der Waals surface area (Å²) in [5.41, 5.74) is 3.76. The summed E-state index contributed by atoms with van der Waals surface area (Å²) >= 11 is 0. The molecule has 31 heavy (non-hydrogen) atoms. The zero-order valence-corrected chi connectivity index (χ0v) is 17.1. The molecule has 0 aliphatic carbocycles. The number of rotatable bonds is 10. The molecule has 1 N–H and O–H groups in total. The summed E-state index contributed by atoms with van der Waals surface area (Å²) in [5.74, 6) is 1.09. The van der Waals surface area contributed by atoms with E-state index in [0.29, 0.717) is 36.0 Å². The van der Waals surface area contributed by atoms with Crippen LogP contribution in [0.2, 0.25) is 0 Å². The third-order valence-corrected chi connectivity index (χ3v) is 4.11. The molecule has 0 saturated heterocycles. The second kappa shape index (κ2) is 11.3. The van der Waals surface area contributed by atoms with E-state index in [-0.39, 0.29) is 18.3 Å². The first-order chi connectivity index (χ1) is 15.2. The van der Waals surface area contributed by atoms with Crippen LogP contribution in [0.3, 0.4) is 0 Å². The second-order valence-corrected chi connectivity index (χ2v) is 6.36. The molecule has 0 atom stereocenters. The second-order valence-electron chi connectivity index (χ2n) is 6.36. The van der Waals surface area contributed by atoms with E-state index in [1.807, 2.05) is 13.0 Å². The van der Waals surface area contributed by atoms with E-state index in [9.17, 15) is 9.18 Å². The molecule has 3 aromatic rings. The fourth-order valence-electron chi connectivity index (χ4n) is 2.65. The minimum Gasteiger partial charge on any atom is -0.490 e. The Labute approximate surface area is 180 Å². The van der Waals surface area contributed by atoms with Gasteiger partial charge < -0.3 is 14.2 Å². The molecule has 7 heteroatoms. The highest BCUT2D eigenvalue weighted by Gasteiger charge is 2.07. The van der Waals surface area contributed by atoms with E-state index in [0.717, 1.165) is 5.56 Å². The molecule has 0 aliphatic heterocycles. The highest BCUT2D eigenvalue weighted by Crippen LogP contribution is 2.28. The number of amides is 1. The van der Waals surface area contributed by atoms with Crippen LogP contribution in [0.15, 0.2) is 77.9 Å². The van der Waals surface area contributed by atoms with Gasteiger partial charge in [0, 0.05) is 5.56 Å². The van der Waals surface area contributed by atoms with Crippen LogP contribution < -0.4 is 19.6 Å². The van der Waals surface area contributed by atoms with E-state index in [1.165, 1.54) is 18.3 Å². The van der Waals surface area contributed by atoms with Crippen molar-refractivity contribution in [1.29, 1.82) is 0 Å². The molecule has 0 bridgehead atoms. The largest absolute Gasteiger partial charge is 0.490 e. The van der Waals surface area contributed by atoms with Crippen LogP contribution in [-0.4, -0.2) is 31.9 Å². The number of hydrogen-bond acceptors (Lipinski definition) is 5. The van der Waals surface area contributed by atoms with E-state index in [2.05, 4.69) is 10.5 Å². The summed E-state index contributed by atoms with van der Waals surface area (Å²) in [6.45, 7) is 2.93. The maximum Gasteiger partial charge on any atom is 0.271 e. The lowest BCUT2D eigenvalue weighted by Gasteiger charge is -2.13. The summed E-state index contributed by atoms with van der Waals surface area (Å²) in [6.07, 6.45) is 1.53. The Balaban J connectivity index is 1.54. The molecular formula is C24H23FN2O4. The van der Waals surface area contributed by atoms with Gasteiger partial charge >= 0.3 is 0 Å². The number of hydrogen-bond donors (Lipinski definition) is 1. The van der Waals surface area contributed by atoms with Crippen molar-refractivity contribution >= 4 is 12.1 Å². The summed E-state index contributed by atoms with van der Waals surface area (Å²) in [7, 11) is 0. The predicted octanol–water partition coefficient (Wildman–Crippen LogP) is 4.45. The lowest BCUT2D eigenvalue weighted by atomic mass is 10.2. The van der Waals surface area contributed by atoms with Gasteiger partial charge in [0.1, 0.15) is 24.8 Å². The Morgan fingerprint density at radius 2 is 1.68 bits per heavy atom. The Morgan fingerprint density at radius 1 is 0.935 bits per heavy atom. The lowest BCUT2D eigenvalue weighted by Crippen LogP contribution is -2.17. The van der Waals surface area contributed by atoms with Crippen LogP contribution in [0.4, 0.5) is 4.39 Å². The molecule has 0 saturated carbocycles. The third kappa shape index (κ3) is 6.85. The van der Waals surface area contributed by atoms with Crippen LogP contribution in [0.1, 0.15) is 22.8 Å². The van der Waals surface area contributed by atoms with Crippen molar-refractivity contribution in [3.63, 3.8) is 0 Å². The van der Waals surface area contributed by atoms with Gasteiger partial charge in [-0.05, 0) is 67.1 Å². The van der Waals surface area contributed by atoms with Gasteiger partial charge in [0.05, 0.1) is 12.8 Å². The maximum atomic E-state index is 12.9. The lowest BCUT2D eigenvalue weighted by molar-refractivity contribution is 0.0955. The molecule has 0 spiro atoms. The molecular weight excluding hydrogens is 399 g/mol. The Hall–Kier alpha value is -3.87. The average Bonchev–Trinajstić information content (AvgIpc) is 2.80. The number of nitrogens with zero attached hydrogens (tertiary/aromatic N) is 1. The number of nitrogens with one attached hydrogen (secondary N) is 1. The molecule has 0 heterocycles. The first-order valence-corrected chi connectivity index (χ1v) is 9.82. The van der Waals surface area contributed by atoms with E-state index < -0.39 is 0 Å². The third-order valence-electron chi connectivity index (χ3n) is 4.11. The quantitative estimate of drug-likeness (QED) is 0.298. The number of hydrazone groups is 1.